The Morgan fingerprint density at radius 1 is 1.11 bits per heavy atom. The van der Waals surface area contributed by atoms with Gasteiger partial charge in [0.25, 0.3) is 0 Å². The number of carbonyl (C=O) groups is 1. The van der Waals surface area contributed by atoms with Gasteiger partial charge in [0.1, 0.15) is 0 Å². The fourth-order valence-corrected chi connectivity index (χ4v) is 3.50. The molecule has 0 aliphatic carbocycles. The summed E-state index contributed by atoms with van der Waals surface area (Å²) in [6.45, 7) is 2.27. The molecule has 27 heavy (non-hydrogen) atoms. The molecule has 0 spiro atoms. The van der Waals surface area contributed by atoms with Gasteiger partial charge in [-0.3, -0.25) is 9.69 Å². The van der Waals surface area contributed by atoms with E-state index in [1.54, 1.807) is 17.1 Å². The summed E-state index contributed by atoms with van der Waals surface area (Å²) in [7, 11) is 0. The Morgan fingerprint density at radius 2 is 2.00 bits per heavy atom. The van der Waals surface area contributed by atoms with Crippen LogP contribution in [0.4, 0.5) is 0 Å². The Kier molecular flexibility index (Phi) is 5.25. The molecule has 3 heterocycles. The predicted molar refractivity (Wildman–Crippen MR) is 103 cm³/mol. The predicted octanol–water partition coefficient (Wildman–Crippen LogP) is 2.55. The maximum Gasteiger partial charge on any atom is 0.237 e. The van der Waals surface area contributed by atoms with Crippen LogP contribution in [0.25, 0.3) is 5.82 Å². The molecular formula is C21H23N5O. The number of hydrogen-bond donors (Lipinski definition) is 1. The van der Waals surface area contributed by atoms with E-state index in [1.165, 1.54) is 5.56 Å². The second-order valence-corrected chi connectivity index (χ2v) is 6.81. The van der Waals surface area contributed by atoms with E-state index in [0.29, 0.717) is 6.54 Å². The number of amides is 1. The Balaban J connectivity index is 1.33. The summed E-state index contributed by atoms with van der Waals surface area (Å²) in [5, 5.41) is 7.23. The fraction of sp³-hybridized carbons (Fsp3) is 0.286. The van der Waals surface area contributed by atoms with Crippen molar-refractivity contribution in [1.82, 2.24) is 25.0 Å². The van der Waals surface area contributed by atoms with Crippen molar-refractivity contribution in [1.29, 1.82) is 0 Å². The molecule has 2 aromatic heterocycles. The molecule has 1 fully saturated rings. The summed E-state index contributed by atoms with van der Waals surface area (Å²) in [5.41, 5.74) is 2.22. The van der Waals surface area contributed by atoms with Crippen LogP contribution in [-0.2, 0) is 17.9 Å². The second-order valence-electron chi connectivity index (χ2n) is 6.81. The third kappa shape index (κ3) is 4.23. The van der Waals surface area contributed by atoms with Crippen LogP contribution in [0.2, 0.25) is 0 Å². The number of rotatable bonds is 6. The third-order valence-electron chi connectivity index (χ3n) is 4.91. The Labute approximate surface area is 158 Å². The molecule has 138 valence electrons. The molecule has 1 amide bonds. The molecule has 4 rings (SSSR count). The van der Waals surface area contributed by atoms with E-state index in [0.717, 1.165) is 37.3 Å². The summed E-state index contributed by atoms with van der Waals surface area (Å²) >= 11 is 0. The van der Waals surface area contributed by atoms with E-state index in [4.69, 9.17) is 0 Å². The van der Waals surface area contributed by atoms with E-state index in [2.05, 4.69) is 32.4 Å². The summed E-state index contributed by atoms with van der Waals surface area (Å²) in [6.07, 6.45) is 7.33. The van der Waals surface area contributed by atoms with Crippen molar-refractivity contribution >= 4 is 5.91 Å². The zero-order valence-electron chi connectivity index (χ0n) is 15.2. The van der Waals surface area contributed by atoms with Gasteiger partial charge in [0.15, 0.2) is 5.82 Å². The monoisotopic (exact) mass is 361 g/mol. The number of benzene rings is 1. The first-order chi connectivity index (χ1) is 13.3. The van der Waals surface area contributed by atoms with Gasteiger partial charge in [-0.1, -0.05) is 36.4 Å². The van der Waals surface area contributed by atoms with Crippen LogP contribution in [0.15, 0.2) is 67.1 Å². The first kappa shape index (κ1) is 17.4. The molecule has 0 saturated carbocycles. The summed E-state index contributed by atoms with van der Waals surface area (Å²) in [4.78, 5) is 19.4. The maximum atomic E-state index is 12.7. The van der Waals surface area contributed by atoms with Crippen molar-refractivity contribution in [2.75, 3.05) is 6.54 Å². The molecule has 6 nitrogen and oxygen atoms in total. The molecule has 1 saturated heterocycles. The summed E-state index contributed by atoms with van der Waals surface area (Å²) in [5.74, 6) is 0.861. The highest BCUT2D eigenvalue weighted by Crippen LogP contribution is 2.20. The fourth-order valence-electron chi connectivity index (χ4n) is 3.50. The Hall–Kier alpha value is -2.99. The van der Waals surface area contributed by atoms with Crippen molar-refractivity contribution in [3.63, 3.8) is 0 Å². The van der Waals surface area contributed by atoms with Crippen molar-refractivity contribution < 1.29 is 4.79 Å². The van der Waals surface area contributed by atoms with Crippen molar-refractivity contribution in [3.05, 3.63) is 78.2 Å². The van der Waals surface area contributed by atoms with Gasteiger partial charge in [0, 0.05) is 31.7 Å². The number of nitrogens with zero attached hydrogens (tertiary/aromatic N) is 4. The number of pyridine rings is 1. The molecule has 0 unspecified atom stereocenters. The van der Waals surface area contributed by atoms with Gasteiger partial charge in [-0.25, -0.2) is 9.67 Å². The van der Waals surface area contributed by atoms with E-state index in [9.17, 15) is 4.79 Å². The third-order valence-corrected chi connectivity index (χ3v) is 4.91. The minimum atomic E-state index is -0.0542. The highest BCUT2D eigenvalue weighted by atomic mass is 16.2. The first-order valence-electron chi connectivity index (χ1n) is 9.30. The van der Waals surface area contributed by atoms with E-state index in [-0.39, 0.29) is 11.9 Å². The van der Waals surface area contributed by atoms with E-state index < -0.39 is 0 Å². The molecular weight excluding hydrogens is 338 g/mol. The molecule has 3 aromatic rings. The number of hydrogen-bond acceptors (Lipinski definition) is 4. The quantitative estimate of drug-likeness (QED) is 0.733. The zero-order valence-corrected chi connectivity index (χ0v) is 15.2. The van der Waals surface area contributed by atoms with E-state index in [1.807, 2.05) is 42.6 Å². The van der Waals surface area contributed by atoms with Crippen molar-refractivity contribution in [3.8, 4) is 5.82 Å². The van der Waals surface area contributed by atoms with Gasteiger partial charge in [0.05, 0.1) is 6.04 Å². The molecule has 6 heteroatoms. The molecule has 1 aliphatic rings. The van der Waals surface area contributed by atoms with Crippen molar-refractivity contribution in [2.45, 2.75) is 32.0 Å². The maximum absolute atomic E-state index is 12.7. The molecule has 1 N–H and O–H groups in total. The van der Waals surface area contributed by atoms with Crippen LogP contribution in [-0.4, -0.2) is 38.2 Å². The van der Waals surface area contributed by atoms with Crippen LogP contribution in [0.3, 0.4) is 0 Å². The highest BCUT2D eigenvalue weighted by Gasteiger charge is 2.30. The molecule has 1 atom stereocenters. The lowest BCUT2D eigenvalue weighted by Gasteiger charge is -2.23. The standard InChI is InChI=1S/C21H23N5O/c27-21(19-8-4-12-25(19)16-17-6-2-1-3-7-17)23-15-18-9-10-20(22-14-18)26-13-5-11-24-26/h1-3,5-7,9-11,13-14,19H,4,8,12,15-16H2,(H,23,27)/t19-/m0/s1. The van der Waals surface area contributed by atoms with Gasteiger partial charge < -0.3 is 5.32 Å². The average molecular weight is 361 g/mol. The lowest BCUT2D eigenvalue weighted by molar-refractivity contribution is -0.125. The summed E-state index contributed by atoms with van der Waals surface area (Å²) in [6, 6.07) is 16.0. The lowest BCUT2D eigenvalue weighted by Crippen LogP contribution is -2.42. The van der Waals surface area contributed by atoms with Crippen molar-refractivity contribution in [2.24, 2.45) is 0 Å². The molecule has 1 aliphatic heterocycles. The SMILES string of the molecule is O=C(NCc1ccc(-n2cccn2)nc1)[C@@H]1CCCN1Cc1ccccc1. The van der Waals surface area contributed by atoms with Gasteiger partial charge >= 0.3 is 0 Å². The Bertz CT molecular complexity index is 861. The summed E-state index contributed by atoms with van der Waals surface area (Å²) < 4.78 is 1.71. The molecule has 0 bridgehead atoms. The van der Waals surface area contributed by atoms with Gasteiger partial charge in [-0.05, 0) is 42.6 Å². The average Bonchev–Trinajstić information content (AvgIpc) is 3.40. The largest absolute Gasteiger partial charge is 0.351 e. The number of nitrogens with one attached hydrogen (secondary N) is 1. The first-order valence-corrected chi connectivity index (χ1v) is 9.30. The molecule has 1 aromatic carbocycles. The van der Waals surface area contributed by atoms with Crippen LogP contribution in [0.5, 0.6) is 0 Å². The van der Waals surface area contributed by atoms with E-state index >= 15 is 0 Å². The van der Waals surface area contributed by atoms with Gasteiger partial charge in [0.2, 0.25) is 5.91 Å². The number of likely N-dealkylation sites (tertiary alicyclic amines) is 1. The Morgan fingerprint density at radius 3 is 2.74 bits per heavy atom. The smallest absolute Gasteiger partial charge is 0.237 e. The second kappa shape index (κ2) is 8.14. The van der Waals surface area contributed by atoms with Gasteiger partial charge in [-0.15, -0.1) is 0 Å². The van der Waals surface area contributed by atoms with Gasteiger partial charge in [-0.2, -0.15) is 5.10 Å². The number of aromatic nitrogens is 3. The van der Waals surface area contributed by atoms with Crippen LogP contribution < -0.4 is 5.32 Å². The van der Waals surface area contributed by atoms with Crippen LogP contribution in [0, 0.1) is 0 Å². The topological polar surface area (TPSA) is 63.1 Å². The lowest BCUT2D eigenvalue weighted by atomic mass is 10.1. The zero-order chi connectivity index (χ0) is 18.5. The number of carbonyl (C=O) groups excluding carboxylic acids is 1. The highest BCUT2D eigenvalue weighted by molar-refractivity contribution is 5.82. The van der Waals surface area contributed by atoms with Crippen LogP contribution >= 0.6 is 0 Å². The molecule has 0 radical (unpaired) electrons. The minimum Gasteiger partial charge on any atom is -0.351 e. The minimum absolute atomic E-state index is 0.0542. The normalized spacial score (nSPS) is 17.1. The van der Waals surface area contributed by atoms with Crippen LogP contribution in [0.1, 0.15) is 24.0 Å².